The molecule has 0 aliphatic rings. The van der Waals surface area contributed by atoms with Crippen LogP contribution >= 0.6 is 15.9 Å². The first-order valence-corrected chi connectivity index (χ1v) is 4.31. The Morgan fingerprint density at radius 2 is 2.23 bits per heavy atom. The van der Waals surface area contributed by atoms with Gasteiger partial charge in [-0.25, -0.2) is 0 Å². The van der Waals surface area contributed by atoms with Crippen molar-refractivity contribution < 1.29 is 9.72 Å². The Labute approximate surface area is 82.8 Å². The molecule has 0 atom stereocenters. The van der Waals surface area contributed by atoms with E-state index in [1.807, 2.05) is 0 Å². The van der Waals surface area contributed by atoms with Gasteiger partial charge in [-0.15, -0.1) is 0 Å². The summed E-state index contributed by atoms with van der Waals surface area (Å²) in [6.45, 7) is 0. The third-order valence-electron chi connectivity index (χ3n) is 1.53. The number of nitro benzene ring substituents is 1. The largest absolute Gasteiger partial charge is 0.303 e. The Kier molecular flexibility index (Phi) is 3.13. The molecule has 0 aliphatic heterocycles. The molecule has 5 heteroatoms. The first kappa shape index (κ1) is 9.85. The van der Waals surface area contributed by atoms with Gasteiger partial charge in [-0.3, -0.25) is 10.1 Å². The number of rotatable bonds is 3. The van der Waals surface area contributed by atoms with Crippen molar-refractivity contribution in [2.75, 3.05) is 0 Å². The van der Waals surface area contributed by atoms with E-state index in [1.54, 1.807) is 12.1 Å². The number of hydrogen-bond acceptors (Lipinski definition) is 3. The van der Waals surface area contributed by atoms with Gasteiger partial charge in [-0.1, -0.05) is 6.07 Å². The number of carbonyl (C=O) groups is 1. The van der Waals surface area contributed by atoms with Crippen molar-refractivity contribution in [2.45, 2.75) is 6.42 Å². The minimum Gasteiger partial charge on any atom is -0.303 e. The summed E-state index contributed by atoms with van der Waals surface area (Å²) in [5.41, 5.74) is 0.629. The molecule has 0 radical (unpaired) electrons. The summed E-state index contributed by atoms with van der Waals surface area (Å²) in [4.78, 5) is 20.1. The fourth-order valence-corrected chi connectivity index (χ4v) is 1.31. The van der Waals surface area contributed by atoms with Gasteiger partial charge in [-0.05, 0) is 27.6 Å². The van der Waals surface area contributed by atoms with E-state index in [2.05, 4.69) is 15.9 Å². The highest BCUT2D eigenvalue weighted by Crippen LogP contribution is 2.25. The maximum absolute atomic E-state index is 10.5. The average Bonchev–Trinajstić information content (AvgIpc) is 2.08. The molecule has 0 saturated heterocycles. The highest BCUT2D eigenvalue weighted by atomic mass is 79.9. The van der Waals surface area contributed by atoms with Gasteiger partial charge in [-0.2, -0.15) is 0 Å². The van der Waals surface area contributed by atoms with Crippen molar-refractivity contribution in [2.24, 2.45) is 0 Å². The van der Waals surface area contributed by atoms with Crippen LogP contribution in [0.3, 0.4) is 0 Å². The van der Waals surface area contributed by atoms with Crippen LogP contribution in [0.4, 0.5) is 5.69 Å². The summed E-state index contributed by atoms with van der Waals surface area (Å²) in [6, 6.07) is 4.63. The number of nitro groups is 1. The van der Waals surface area contributed by atoms with Gasteiger partial charge >= 0.3 is 0 Å². The smallest absolute Gasteiger partial charge is 0.283 e. The highest BCUT2D eigenvalue weighted by molar-refractivity contribution is 9.10. The van der Waals surface area contributed by atoms with Gasteiger partial charge in [0.1, 0.15) is 6.29 Å². The second-order valence-electron chi connectivity index (χ2n) is 2.41. The second-order valence-corrected chi connectivity index (χ2v) is 3.27. The monoisotopic (exact) mass is 243 g/mol. The Morgan fingerprint density at radius 1 is 1.54 bits per heavy atom. The molecule has 0 aliphatic carbocycles. The maximum Gasteiger partial charge on any atom is 0.283 e. The summed E-state index contributed by atoms with van der Waals surface area (Å²) in [6.07, 6.45) is 0.918. The zero-order valence-corrected chi connectivity index (χ0v) is 8.15. The molecule has 1 aromatic rings. The van der Waals surface area contributed by atoms with E-state index in [0.717, 1.165) is 0 Å². The van der Waals surface area contributed by atoms with Gasteiger partial charge in [0.15, 0.2) is 0 Å². The van der Waals surface area contributed by atoms with Crippen LogP contribution in [0.15, 0.2) is 22.7 Å². The fraction of sp³-hybridized carbons (Fsp3) is 0.125. The van der Waals surface area contributed by atoms with Crippen LogP contribution in [-0.2, 0) is 11.2 Å². The van der Waals surface area contributed by atoms with Crippen LogP contribution in [0.5, 0.6) is 0 Å². The molecular formula is C8H6BrNO3. The molecule has 0 fully saturated rings. The lowest BCUT2D eigenvalue weighted by atomic mass is 10.1. The minimum atomic E-state index is -0.488. The summed E-state index contributed by atoms with van der Waals surface area (Å²) in [5.74, 6) is 0. The van der Waals surface area contributed by atoms with Crippen molar-refractivity contribution in [3.63, 3.8) is 0 Å². The summed E-state index contributed by atoms with van der Waals surface area (Å²) in [5, 5.41) is 10.5. The number of halogens is 1. The van der Waals surface area contributed by atoms with Crippen molar-refractivity contribution >= 4 is 27.9 Å². The Morgan fingerprint density at radius 3 is 2.77 bits per heavy atom. The number of nitrogens with zero attached hydrogens (tertiary/aromatic N) is 1. The quantitative estimate of drug-likeness (QED) is 0.464. The average molecular weight is 244 g/mol. The van der Waals surface area contributed by atoms with Gasteiger partial charge < -0.3 is 4.79 Å². The van der Waals surface area contributed by atoms with Crippen LogP contribution in [0.1, 0.15) is 5.56 Å². The van der Waals surface area contributed by atoms with E-state index in [9.17, 15) is 14.9 Å². The molecule has 68 valence electrons. The zero-order chi connectivity index (χ0) is 9.84. The van der Waals surface area contributed by atoms with E-state index in [-0.39, 0.29) is 12.1 Å². The second kappa shape index (κ2) is 4.13. The number of aldehydes is 1. The molecule has 0 heterocycles. The molecule has 4 nitrogen and oxygen atoms in total. The highest BCUT2D eigenvalue weighted by Gasteiger charge is 2.11. The van der Waals surface area contributed by atoms with E-state index in [4.69, 9.17) is 0 Å². The van der Waals surface area contributed by atoms with Crippen LogP contribution in [0.2, 0.25) is 0 Å². The van der Waals surface area contributed by atoms with Crippen LogP contribution < -0.4 is 0 Å². The number of benzene rings is 1. The lowest BCUT2D eigenvalue weighted by Crippen LogP contribution is -1.92. The van der Waals surface area contributed by atoms with Crippen LogP contribution in [0.25, 0.3) is 0 Å². The third kappa shape index (κ3) is 2.35. The number of carbonyl (C=O) groups excluding carboxylic acids is 1. The van der Waals surface area contributed by atoms with Gasteiger partial charge in [0.2, 0.25) is 0 Å². The Balaban J connectivity index is 3.10. The molecule has 0 spiro atoms. The summed E-state index contributed by atoms with van der Waals surface area (Å²) >= 11 is 3.05. The maximum atomic E-state index is 10.5. The first-order valence-electron chi connectivity index (χ1n) is 3.51. The lowest BCUT2D eigenvalue weighted by molar-refractivity contribution is -0.385. The van der Waals surface area contributed by atoms with Crippen molar-refractivity contribution in [1.82, 2.24) is 0 Å². The Hall–Kier alpha value is -1.23. The predicted octanol–water partition coefficient (Wildman–Crippen LogP) is 2.10. The molecule has 0 amide bonds. The van der Waals surface area contributed by atoms with E-state index >= 15 is 0 Å². The summed E-state index contributed by atoms with van der Waals surface area (Å²) < 4.78 is 0.423. The zero-order valence-electron chi connectivity index (χ0n) is 6.57. The standard InChI is InChI=1S/C8H6BrNO3/c9-7-2-1-6(3-4-11)5-8(7)10(12)13/h1-2,4-5H,3H2. The normalized spacial score (nSPS) is 9.62. The third-order valence-corrected chi connectivity index (χ3v) is 2.20. The molecule has 0 unspecified atom stereocenters. The molecule has 0 N–H and O–H groups in total. The molecule has 1 aromatic carbocycles. The first-order chi connectivity index (χ1) is 6.15. The molecule has 0 aromatic heterocycles. The van der Waals surface area contributed by atoms with Crippen molar-refractivity contribution in [3.8, 4) is 0 Å². The van der Waals surface area contributed by atoms with Gasteiger partial charge in [0.25, 0.3) is 5.69 Å². The van der Waals surface area contributed by atoms with Gasteiger partial charge in [0, 0.05) is 12.5 Å². The van der Waals surface area contributed by atoms with Crippen LogP contribution in [-0.4, -0.2) is 11.2 Å². The van der Waals surface area contributed by atoms with Gasteiger partial charge in [0.05, 0.1) is 9.40 Å². The number of hydrogen-bond donors (Lipinski definition) is 0. The van der Waals surface area contributed by atoms with Crippen molar-refractivity contribution in [3.05, 3.63) is 38.3 Å². The Bertz CT molecular complexity index is 351. The molecule has 13 heavy (non-hydrogen) atoms. The molecule has 0 bridgehead atoms. The predicted molar refractivity (Wildman–Crippen MR) is 50.6 cm³/mol. The van der Waals surface area contributed by atoms with E-state index < -0.39 is 4.92 Å². The topological polar surface area (TPSA) is 60.2 Å². The fourth-order valence-electron chi connectivity index (χ4n) is 0.921. The van der Waals surface area contributed by atoms with E-state index in [1.165, 1.54) is 6.07 Å². The van der Waals surface area contributed by atoms with Crippen LogP contribution in [0, 0.1) is 10.1 Å². The summed E-state index contributed by atoms with van der Waals surface area (Å²) in [7, 11) is 0. The minimum absolute atomic E-state index is 0.0145. The van der Waals surface area contributed by atoms with E-state index in [0.29, 0.717) is 16.3 Å². The SMILES string of the molecule is O=CCc1ccc(Br)c([N+](=O)[O-])c1. The molecular weight excluding hydrogens is 238 g/mol. The molecule has 1 rings (SSSR count). The lowest BCUT2D eigenvalue weighted by Gasteiger charge is -1.97. The van der Waals surface area contributed by atoms with Crippen molar-refractivity contribution in [1.29, 1.82) is 0 Å². The molecule has 0 saturated carbocycles.